The quantitative estimate of drug-likeness (QED) is 0.538. The topological polar surface area (TPSA) is 88.2 Å². The number of nitrogens with zero attached hydrogens (tertiary/aromatic N) is 2. The first-order valence-corrected chi connectivity index (χ1v) is 9.55. The zero-order valence-electron chi connectivity index (χ0n) is 15.1. The van der Waals surface area contributed by atoms with Gasteiger partial charge in [-0.2, -0.15) is 0 Å². The van der Waals surface area contributed by atoms with Gasteiger partial charge in [-0.3, -0.25) is 15.0 Å². The molecule has 0 bridgehead atoms. The lowest BCUT2D eigenvalue weighted by atomic mass is 9.84. The molecule has 0 spiro atoms. The van der Waals surface area contributed by atoms with Crippen LogP contribution < -0.4 is 5.48 Å². The van der Waals surface area contributed by atoms with E-state index >= 15 is 0 Å². The van der Waals surface area contributed by atoms with Gasteiger partial charge in [0.1, 0.15) is 0 Å². The molecule has 3 rings (SSSR count). The van der Waals surface area contributed by atoms with Crippen molar-refractivity contribution in [3.63, 3.8) is 0 Å². The first kappa shape index (κ1) is 18.6. The Bertz CT molecular complexity index is 681. The fourth-order valence-electron chi connectivity index (χ4n) is 3.84. The summed E-state index contributed by atoms with van der Waals surface area (Å²) in [6, 6.07) is 3.73. The van der Waals surface area contributed by atoms with Gasteiger partial charge in [0.25, 0.3) is 0 Å². The lowest BCUT2D eigenvalue weighted by molar-refractivity contribution is -0.129. The molecule has 1 atom stereocenters. The predicted molar refractivity (Wildman–Crippen MR) is 97.4 cm³/mol. The van der Waals surface area contributed by atoms with Gasteiger partial charge in [0, 0.05) is 30.3 Å². The first-order chi connectivity index (χ1) is 12.8. The van der Waals surface area contributed by atoms with E-state index in [1.165, 1.54) is 38.5 Å². The fourth-order valence-corrected chi connectivity index (χ4v) is 3.84. The van der Waals surface area contributed by atoms with Crippen molar-refractivity contribution >= 4 is 5.91 Å². The lowest BCUT2D eigenvalue weighted by Crippen LogP contribution is -2.21. The number of nitrogens with one attached hydrogen (secondary N) is 1. The zero-order valence-corrected chi connectivity index (χ0v) is 15.1. The van der Waals surface area contributed by atoms with Crippen LogP contribution in [-0.4, -0.2) is 21.1 Å². The highest BCUT2D eigenvalue weighted by Crippen LogP contribution is 2.32. The van der Waals surface area contributed by atoms with E-state index in [-0.39, 0.29) is 12.3 Å². The second-order valence-electron chi connectivity index (χ2n) is 7.17. The van der Waals surface area contributed by atoms with Gasteiger partial charge in [-0.1, -0.05) is 44.9 Å². The molecule has 0 radical (unpaired) electrons. The number of amides is 1. The van der Waals surface area contributed by atoms with Gasteiger partial charge < -0.3 is 4.42 Å². The third-order valence-electron chi connectivity index (χ3n) is 5.28. The van der Waals surface area contributed by atoms with Crippen LogP contribution in [0.25, 0.3) is 11.3 Å². The molecule has 1 aliphatic rings. The normalized spacial score (nSPS) is 16.3. The maximum Gasteiger partial charge on any atom is 0.244 e. The van der Waals surface area contributed by atoms with Crippen molar-refractivity contribution in [2.24, 2.45) is 5.92 Å². The highest BCUT2D eigenvalue weighted by molar-refractivity contribution is 5.75. The number of hydroxylamine groups is 1. The van der Waals surface area contributed by atoms with Crippen LogP contribution in [0.5, 0.6) is 0 Å². The van der Waals surface area contributed by atoms with Crippen LogP contribution in [0.3, 0.4) is 0 Å². The summed E-state index contributed by atoms with van der Waals surface area (Å²) in [6.07, 6.45) is 15.1. The Kier molecular flexibility index (Phi) is 6.77. The summed E-state index contributed by atoms with van der Waals surface area (Å²) in [5.41, 5.74) is 2.64. The highest BCUT2D eigenvalue weighted by Gasteiger charge is 2.22. The van der Waals surface area contributed by atoms with Crippen molar-refractivity contribution < 1.29 is 14.4 Å². The van der Waals surface area contributed by atoms with Crippen LogP contribution in [0.4, 0.5) is 0 Å². The minimum atomic E-state index is -0.406. The average molecular weight is 357 g/mol. The monoisotopic (exact) mass is 357 g/mol. The van der Waals surface area contributed by atoms with Crippen molar-refractivity contribution in [2.75, 3.05) is 0 Å². The molecule has 1 saturated carbocycles. The van der Waals surface area contributed by atoms with Gasteiger partial charge in [0.2, 0.25) is 5.91 Å². The van der Waals surface area contributed by atoms with Crippen molar-refractivity contribution in [1.29, 1.82) is 0 Å². The van der Waals surface area contributed by atoms with E-state index in [0.717, 1.165) is 24.3 Å². The van der Waals surface area contributed by atoms with Gasteiger partial charge >= 0.3 is 0 Å². The molecule has 140 valence electrons. The summed E-state index contributed by atoms with van der Waals surface area (Å²) in [5.74, 6) is 1.51. The molecular formula is C20H27N3O3. The Morgan fingerprint density at radius 2 is 2.04 bits per heavy atom. The van der Waals surface area contributed by atoms with Crippen molar-refractivity contribution in [1.82, 2.24) is 15.4 Å². The molecule has 0 aromatic carbocycles. The van der Waals surface area contributed by atoms with E-state index in [4.69, 9.17) is 9.62 Å². The lowest BCUT2D eigenvalue weighted by Gasteiger charge is -2.22. The average Bonchev–Trinajstić information content (AvgIpc) is 3.19. The summed E-state index contributed by atoms with van der Waals surface area (Å²) < 4.78 is 5.92. The second-order valence-corrected chi connectivity index (χ2v) is 7.17. The van der Waals surface area contributed by atoms with Crippen LogP contribution in [0.15, 0.2) is 35.1 Å². The molecular weight excluding hydrogens is 330 g/mol. The molecule has 26 heavy (non-hydrogen) atoms. The molecule has 6 nitrogen and oxygen atoms in total. The zero-order chi connectivity index (χ0) is 18.2. The van der Waals surface area contributed by atoms with E-state index in [1.807, 2.05) is 12.1 Å². The van der Waals surface area contributed by atoms with E-state index in [0.29, 0.717) is 11.7 Å². The number of rotatable bonds is 8. The molecule has 0 unspecified atom stereocenters. The molecule has 2 aromatic heterocycles. The van der Waals surface area contributed by atoms with Gasteiger partial charge in [0.15, 0.2) is 11.7 Å². The maximum atomic E-state index is 11.7. The number of aromatic nitrogens is 2. The van der Waals surface area contributed by atoms with E-state index in [9.17, 15) is 4.79 Å². The summed E-state index contributed by atoms with van der Waals surface area (Å²) in [4.78, 5) is 20.1. The van der Waals surface area contributed by atoms with Gasteiger partial charge in [-0.25, -0.2) is 10.5 Å². The number of carbonyl (C=O) groups excluding carboxylic acids is 1. The smallest absolute Gasteiger partial charge is 0.244 e. The third-order valence-corrected chi connectivity index (χ3v) is 5.28. The van der Waals surface area contributed by atoms with Gasteiger partial charge in [0.05, 0.1) is 6.20 Å². The highest BCUT2D eigenvalue weighted by atomic mass is 16.5. The summed E-state index contributed by atoms with van der Waals surface area (Å²) in [7, 11) is 0. The summed E-state index contributed by atoms with van der Waals surface area (Å²) >= 11 is 0. The van der Waals surface area contributed by atoms with Crippen LogP contribution >= 0.6 is 0 Å². The molecule has 2 N–H and O–H groups in total. The van der Waals surface area contributed by atoms with Gasteiger partial charge in [-0.15, -0.1) is 0 Å². The minimum absolute atomic E-state index is 0.124. The molecule has 2 aromatic rings. The maximum absolute atomic E-state index is 11.7. The van der Waals surface area contributed by atoms with Crippen molar-refractivity contribution in [3.8, 4) is 11.3 Å². The Labute approximate surface area is 154 Å². The number of oxazole rings is 1. The molecule has 2 heterocycles. The molecule has 6 heteroatoms. The second kappa shape index (κ2) is 9.48. The number of hydrogen-bond donors (Lipinski definition) is 2. The van der Waals surface area contributed by atoms with E-state index in [2.05, 4.69) is 9.97 Å². The predicted octanol–water partition coefficient (Wildman–Crippen LogP) is 4.47. The standard InChI is InChI=1S/C20H27N3O3/c24-19(23-25)13-17(8-4-7-15-5-2-1-3-6-15)20-22-14-18(26-20)16-9-11-21-12-10-16/h9-12,14-15,17,25H,1-8,13H2,(H,23,24)/t17-/m1/s1. The first-order valence-electron chi connectivity index (χ1n) is 9.55. The Morgan fingerprint density at radius 1 is 1.27 bits per heavy atom. The molecule has 0 saturated heterocycles. The largest absolute Gasteiger partial charge is 0.440 e. The van der Waals surface area contributed by atoms with Crippen molar-refractivity contribution in [3.05, 3.63) is 36.6 Å². The van der Waals surface area contributed by atoms with E-state index in [1.54, 1.807) is 24.1 Å². The Balaban J connectivity index is 1.63. The Hall–Kier alpha value is -2.21. The van der Waals surface area contributed by atoms with E-state index < -0.39 is 5.91 Å². The fraction of sp³-hybridized carbons (Fsp3) is 0.550. The molecule has 1 fully saturated rings. The summed E-state index contributed by atoms with van der Waals surface area (Å²) in [5, 5.41) is 8.89. The SMILES string of the molecule is O=C(C[C@@H](CCCC1CCCCC1)c1ncc(-c2ccncc2)o1)NO. The number of carbonyl (C=O) groups is 1. The molecule has 0 aliphatic heterocycles. The molecule has 1 amide bonds. The van der Waals surface area contributed by atoms with Crippen LogP contribution in [-0.2, 0) is 4.79 Å². The minimum Gasteiger partial charge on any atom is -0.440 e. The van der Waals surface area contributed by atoms with Crippen LogP contribution in [0, 0.1) is 5.92 Å². The number of hydrogen-bond acceptors (Lipinski definition) is 5. The third kappa shape index (κ3) is 5.14. The Morgan fingerprint density at radius 3 is 2.77 bits per heavy atom. The van der Waals surface area contributed by atoms with Crippen LogP contribution in [0.2, 0.25) is 0 Å². The van der Waals surface area contributed by atoms with Gasteiger partial charge in [-0.05, 0) is 24.5 Å². The summed E-state index contributed by atoms with van der Waals surface area (Å²) in [6.45, 7) is 0. The molecule has 1 aliphatic carbocycles. The number of pyridine rings is 1. The van der Waals surface area contributed by atoms with Crippen molar-refractivity contribution in [2.45, 2.75) is 63.7 Å². The van der Waals surface area contributed by atoms with Crippen LogP contribution in [0.1, 0.15) is 69.6 Å².